The topological polar surface area (TPSA) is 77.1 Å². The third-order valence-electron chi connectivity index (χ3n) is 6.50. The first-order valence-corrected chi connectivity index (χ1v) is 12.3. The van der Waals surface area contributed by atoms with Crippen molar-refractivity contribution >= 4 is 10.0 Å². The molecule has 0 aliphatic carbocycles. The van der Waals surface area contributed by atoms with Crippen LogP contribution in [0.1, 0.15) is 31.2 Å². The Morgan fingerprint density at radius 1 is 1.00 bits per heavy atom. The Morgan fingerprint density at radius 3 is 2.58 bits per heavy atom. The lowest BCUT2D eigenvalue weighted by Crippen LogP contribution is -2.44. The molecule has 7 nitrogen and oxygen atoms in total. The number of sulfonamides is 1. The van der Waals surface area contributed by atoms with Crippen molar-refractivity contribution in [3.63, 3.8) is 0 Å². The van der Waals surface area contributed by atoms with E-state index < -0.39 is 10.0 Å². The maximum Gasteiger partial charge on any atom is 0.240 e. The lowest BCUT2D eigenvalue weighted by atomic mass is 9.88. The minimum Gasteiger partial charge on any atom is -0.454 e. The van der Waals surface area contributed by atoms with E-state index in [0.29, 0.717) is 18.2 Å². The van der Waals surface area contributed by atoms with Crippen LogP contribution in [-0.4, -0.2) is 51.4 Å². The van der Waals surface area contributed by atoms with Gasteiger partial charge in [-0.1, -0.05) is 24.3 Å². The van der Waals surface area contributed by atoms with Gasteiger partial charge in [-0.05, 0) is 55.5 Å². The average Bonchev–Trinajstić information content (AvgIpc) is 3.42. The molecule has 8 heteroatoms. The quantitative estimate of drug-likeness (QED) is 0.738. The Labute approximate surface area is 183 Å². The molecule has 1 N–H and O–H groups in total. The molecule has 1 spiro atoms. The maximum atomic E-state index is 12.5. The van der Waals surface area contributed by atoms with E-state index in [-0.39, 0.29) is 11.7 Å². The van der Waals surface area contributed by atoms with Crippen LogP contribution in [-0.2, 0) is 21.3 Å². The van der Waals surface area contributed by atoms with Gasteiger partial charge >= 0.3 is 0 Å². The van der Waals surface area contributed by atoms with E-state index >= 15 is 0 Å². The van der Waals surface area contributed by atoms with Gasteiger partial charge in [-0.3, -0.25) is 4.90 Å². The third kappa shape index (κ3) is 4.57. The molecule has 1 unspecified atom stereocenters. The summed E-state index contributed by atoms with van der Waals surface area (Å²) >= 11 is 0. The largest absolute Gasteiger partial charge is 0.454 e. The summed E-state index contributed by atoms with van der Waals surface area (Å²) in [5.74, 6) is 1.64. The molecule has 3 aliphatic rings. The van der Waals surface area contributed by atoms with Gasteiger partial charge in [-0.25, -0.2) is 13.1 Å². The number of fused-ring (bicyclic) bond motifs is 1. The average molecular weight is 445 g/mol. The number of ether oxygens (including phenoxy) is 3. The second kappa shape index (κ2) is 8.43. The minimum absolute atomic E-state index is 0.0705. The molecule has 2 saturated heterocycles. The molecular formula is C23H28N2O5S. The second-order valence-electron chi connectivity index (χ2n) is 8.59. The van der Waals surface area contributed by atoms with E-state index in [2.05, 4.69) is 21.8 Å². The van der Waals surface area contributed by atoms with Gasteiger partial charge in [0.1, 0.15) is 0 Å². The molecule has 0 radical (unpaired) electrons. The van der Waals surface area contributed by atoms with Crippen molar-refractivity contribution in [1.29, 1.82) is 0 Å². The molecule has 0 amide bonds. The fourth-order valence-corrected chi connectivity index (χ4v) is 5.80. The summed E-state index contributed by atoms with van der Waals surface area (Å²) in [5.41, 5.74) is 1.11. The number of nitrogens with zero attached hydrogens (tertiary/aromatic N) is 1. The maximum absolute atomic E-state index is 12.5. The number of hydrogen-bond acceptors (Lipinski definition) is 6. The molecule has 0 bridgehead atoms. The Bertz CT molecular complexity index is 1020. The Balaban J connectivity index is 1.11. The summed E-state index contributed by atoms with van der Waals surface area (Å²) in [6.07, 6.45) is 3.75. The third-order valence-corrected chi connectivity index (χ3v) is 7.94. The first-order valence-electron chi connectivity index (χ1n) is 10.8. The number of nitrogens with one attached hydrogen (secondary N) is 1. The highest BCUT2D eigenvalue weighted by molar-refractivity contribution is 7.89. The molecule has 31 heavy (non-hydrogen) atoms. The molecule has 0 saturated carbocycles. The van der Waals surface area contributed by atoms with Crippen LogP contribution in [0.4, 0.5) is 0 Å². The lowest BCUT2D eigenvalue weighted by molar-refractivity contribution is -0.0758. The molecule has 2 fully saturated rings. The molecule has 2 aromatic carbocycles. The summed E-state index contributed by atoms with van der Waals surface area (Å²) in [6, 6.07) is 14.6. The number of hydrogen-bond donors (Lipinski definition) is 1. The van der Waals surface area contributed by atoms with Gasteiger partial charge in [0.25, 0.3) is 0 Å². The normalized spacial score (nSPS) is 22.8. The predicted molar refractivity (Wildman–Crippen MR) is 116 cm³/mol. The molecule has 1 atom stereocenters. The Kier molecular flexibility index (Phi) is 5.64. The molecule has 5 rings (SSSR count). The van der Waals surface area contributed by atoms with Gasteiger partial charge < -0.3 is 14.2 Å². The summed E-state index contributed by atoms with van der Waals surface area (Å²) in [4.78, 5) is 2.73. The fraction of sp³-hybridized carbons (Fsp3) is 0.478. The van der Waals surface area contributed by atoms with E-state index in [9.17, 15) is 8.42 Å². The highest BCUT2D eigenvalue weighted by Crippen LogP contribution is 2.39. The highest BCUT2D eigenvalue weighted by atomic mass is 32.2. The van der Waals surface area contributed by atoms with Gasteiger partial charge in [0, 0.05) is 26.2 Å². The zero-order valence-corrected chi connectivity index (χ0v) is 18.3. The van der Waals surface area contributed by atoms with Crippen LogP contribution in [0.15, 0.2) is 53.4 Å². The monoisotopic (exact) mass is 444 g/mol. The van der Waals surface area contributed by atoms with Crippen molar-refractivity contribution in [2.75, 3.05) is 26.4 Å². The first kappa shape index (κ1) is 20.8. The number of piperidine rings is 1. The smallest absolute Gasteiger partial charge is 0.240 e. The van der Waals surface area contributed by atoms with Crippen LogP contribution in [0.5, 0.6) is 11.5 Å². The summed E-state index contributed by atoms with van der Waals surface area (Å²) < 4.78 is 44.9. The number of likely N-dealkylation sites (tertiary alicyclic amines) is 1. The number of rotatable bonds is 6. The molecule has 0 aromatic heterocycles. The van der Waals surface area contributed by atoms with Crippen molar-refractivity contribution in [2.24, 2.45) is 0 Å². The van der Waals surface area contributed by atoms with Gasteiger partial charge in [-0.15, -0.1) is 0 Å². The van der Waals surface area contributed by atoms with Crippen LogP contribution in [0.2, 0.25) is 0 Å². The van der Waals surface area contributed by atoms with Crippen LogP contribution < -0.4 is 14.2 Å². The molecule has 3 heterocycles. The molecular weight excluding hydrogens is 416 g/mol. The van der Waals surface area contributed by atoms with Gasteiger partial charge in [0.15, 0.2) is 11.5 Å². The van der Waals surface area contributed by atoms with Crippen molar-refractivity contribution < 1.29 is 22.6 Å². The zero-order valence-electron chi connectivity index (χ0n) is 17.5. The summed E-state index contributed by atoms with van der Waals surface area (Å²) in [6.45, 7) is 3.44. The van der Waals surface area contributed by atoms with Crippen molar-refractivity contribution in [2.45, 2.75) is 48.8 Å². The molecule has 166 valence electrons. The summed E-state index contributed by atoms with van der Waals surface area (Å²) in [5, 5.41) is 0. The summed E-state index contributed by atoms with van der Waals surface area (Å²) in [7, 11) is -3.50. The van der Waals surface area contributed by atoms with E-state index in [1.807, 2.05) is 12.1 Å². The van der Waals surface area contributed by atoms with Crippen LogP contribution in [0.25, 0.3) is 0 Å². The fourth-order valence-electron chi connectivity index (χ4n) is 4.71. The van der Waals surface area contributed by atoms with E-state index in [0.717, 1.165) is 56.8 Å². The lowest BCUT2D eigenvalue weighted by Gasteiger charge is -2.39. The van der Waals surface area contributed by atoms with Crippen LogP contribution >= 0.6 is 0 Å². The van der Waals surface area contributed by atoms with Crippen molar-refractivity contribution in [3.05, 3.63) is 54.1 Å². The number of benzene rings is 2. The predicted octanol–water partition coefficient (Wildman–Crippen LogP) is 2.91. The highest BCUT2D eigenvalue weighted by Gasteiger charge is 2.42. The first-order chi connectivity index (χ1) is 15.0. The van der Waals surface area contributed by atoms with E-state index in [1.165, 1.54) is 5.56 Å². The minimum atomic E-state index is -3.50. The van der Waals surface area contributed by atoms with Gasteiger partial charge in [0.05, 0.1) is 16.6 Å². The SMILES string of the molecule is O=S(=O)(NCC1CCC2(CCN(Cc3ccc4c(c3)OCO4)CC2)O1)c1ccccc1. The van der Waals surface area contributed by atoms with Crippen LogP contribution in [0.3, 0.4) is 0 Å². The van der Waals surface area contributed by atoms with E-state index in [1.54, 1.807) is 24.3 Å². The Hall–Kier alpha value is -2.13. The van der Waals surface area contributed by atoms with Gasteiger partial charge in [0.2, 0.25) is 16.8 Å². The molecule has 2 aromatic rings. The van der Waals surface area contributed by atoms with E-state index in [4.69, 9.17) is 14.2 Å². The van der Waals surface area contributed by atoms with Crippen molar-refractivity contribution in [1.82, 2.24) is 9.62 Å². The standard InChI is InChI=1S/C23H28N2O5S/c26-31(27,20-4-2-1-3-5-20)24-15-19-8-9-23(30-19)10-12-25(13-11-23)16-18-6-7-21-22(14-18)29-17-28-21/h1-7,14,19,24H,8-13,15-17H2. The Morgan fingerprint density at radius 2 is 1.77 bits per heavy atom. The molecule has 3 aliphatic heterocycles. The zero-order chi connectivity index (χ0) is 21.3. The van der Waals surface area contributed by atoms with Crippen molar-refractivity contribution in [3.8, 4) is 11.5 Å². The van der Waals surface area contributed by atoms with Gasteiger partial charge in [-0.2, -0.15) is 0 Å². The second-order valence-corrected chi connectivity index (χ2v) is 10.4. The van der Waals surface area contributed by atoms with Crippen LogP contribution in [0, 0.1) is 0 Å².